The minimum absolute atomic E-state index is 0.0404. The highest BCUT2D eigenvalue weighted by Crippen LogP contribution is 2.41. The molecule has 1 aliphatic heterocycles. The Labute approximate surface area is 163 Å². The molecule has 1 unspecified atom stereocenters. The molecule has 1 N–H and O–H groups in total. The van der Waals surface area contributed by atoms with Gasteiger partial charge in [0.2, 0.25) is 5.91 Å². The molecule has 1 amide bonds. The van der Waals surface area contributed by atoms with E-state index >= 15 is 0 Å². The lowest BCUT2D eigenvalue weighted by Crippen LogP contribution is -2.38. The maximum absolute atomic E-state index is 13.1. The molecule has 0 bridgehead atoms. The predicted molar refractivity (Wildman–Crippen MR) is 104 cm³/mol. The molecule has 1 atom stereocenters. The lowest BCUT2D eigenvalue weighted by atomic mass is 9.77. The largest absolute Gasteiger partial charge is 0.497 e. The number of methoxy groups -OCH3 is 1. The third-order valence-corrected chi connectivity index (χ3v) is 5.52. The van der Waals surface area contributed by atoms with Gasteiger partial charge in [-0.15, -0.1) is 0 Å². The number of carbonyl (C=O) groups is 2. The molecule has 27 heavy (non-hydrogen) atoms. The van der Waals surface area contributed by atoms with E-state index in [9.17, 15) is 14.7 Å². The molecule has 0 fully saturated rings. The second-order valence-corrected chi connectivity index (χ2v) is 7.33. The van der Waals surface area contributed by atoms with Gasteiger partial charge >= 0.3 is 5.97 Å². The van der Waals surface area contributed by atoms with Crippen LogP contribution in [0.1, 0.15) is 30.9 Å². The quantitative estimate of drug-likeness (QED) is 0.830. The summed E-state index contributed by atoms with van der Waals surface area (Å²) in [7, 11) is 1.60. The van der Waals surface area contributed by atoms with Crippen LogP contribution in [0.15, 0.2) is 42.5 Å². The number of hydrogen-bond acceptors (Lipinski definition) is 3. The molecular formula is C21H22ClNO4. The van der Waals surface area contributed by atoms with Crippen LogP contribution in [0.5, 0.6) is 5.75 Å². The average Bonchev–Trinajstić information content (AvgIpc) is 2.77. The van der Waals surface area contributed by atoms with Crippen LogP contribution in [-0.4, -0.2) is 24.1 Å². The second-order valence-electron chi connectivity index (χ2n) is 6.89. The summed E-state index contributed by atoms with van der Waals surface area (Å²) < 4.78 is 5.18. The van der Waals surface area contributed by atoms with E-state index in [2.05, 4.69) is 0 Å². The molecule has 0 saturated carbocycles. The third kappa shape index (κ3) is 3.78. The Kier molecular flexibility index (Phi) is 5.42. The number of amides is 1. The summed E-state index contributed by atoms with van der Waals surface area (Å²) >= 11 is 6.16. The number of aliphatic carboxylic acids is 1. The number of halogens is 1. The van der Waals surface area contributed by atoms with Crippen molar-refractivity contribution in [2.45, 2.75) is 32.7 Å². The van der Waals surface area contributed by atoms with Gasteiger partial charge in [0.1, 0.15) is 5.75 Å². The van der Waals surface area contributed by atoms with E-state index in [4.69, 9.17) is 16.3 Å². The predicted octanol–water partition coefficient (Wildman–Crippen LogP) is 4.31. The number of benzene rings is 2. The summed E-state index contributed by atoms with van der Waals surface area (Å²) in [5, 5.41) is 10.4. The summed E-state index contributed by atoms with van der Waals surface area (Å²) in [6, 6.07) is 12.8. The molecule has 0 saturated heterocycles. The van der Waals surface area contributed by atoms with E-state index < -0.39 is 11.4 Å². The average molecular weight is 388 g/mol. The van der Waals surface area contributed by atoms with Crippen LogP contribution >= 0.6 is 11.6 Å². The van der Waals surface area contributed by atoms with Gasteiger partial charge < -0.3 is 14.7 Å². The summed E-state index contributed by atoms with van der Waals surface area (Å²) in [5.41, 5.74) is 1.32. The summed E-state index contributed by atoms with van der Waals surface area (Å²) in [6.07, 6.45) is 0.608. The van der Waals surface area contributed by atoms with E-state index in [1.807, 2.05) is 31.2 Å². The number of rotatable bonds is 5. The third-order valence-electron chi connectivity index (χ3n) is 5.28. The number of ether oxygens (including phenoxy) is 1. The zero-order chi connectivity index (χ0) is 19.6. The molecule has 1 aliphatic rings. The molecule has 2 aromatic rings. The van der Waals surface area contributed by atoms with Gasteiger partial charge in [-0.25, -0.2) is 0 Å². The summed E-state index contributed by atoms with van der Waals surface area (Å²) in [5.74, 6) is -0.407. The zero-order valence-corrected chi connectivity index (χ0v) is 16.1. The monoisotopic (exact) mass is 387 g/mol. The molecule has 0 aliphatic carbocycles. The number of hydrogen-bond donors (Lipinski definition) is 1. The van der Waals surface area contributed by atoms with Gasteiger partial charge in [-0.05, 0) is 54.3 Å². The molecule has 6 heteroatoms. The molecule has 142 valence electrons. The second kappa shape index (κ2) is 7.61. The van der Waals surface area contributed by atoms with Crippen molar-refractivity contribution >= 4 is 29.2 Å². The molecule has 0 aromatic heterocycles. The zero-order valence-electron chi connectivity index (χ0n) is 15.4. The van der Waals surface area contributed by atoms with Gasteiger partial charge in [-0.2, -0.15) is 0 Å². The van der Waals surface area contributed by atoms with Crippen molar-refractivity contribution < 1.29 is 19.4 Å². The van der Waals surface area contributed by atoms with Crippen LogP contribution in [0.2, 0.25) is 5.02 Å². The van der Waals surface area contributed by atoms with Crippen LogP contribution < -0.4 is 9.64 Å². The Bertz CT molecular complexity index is 865. The normalized spacial score (nSPS) is 19.4. The van der Waals surface area contributed by atoms with Crippen LogP contribution in [0, 0.1) is 5.41 Å². The lowest BCUT2D eigenvalue weighted by molar-refractivity contribution is -0.151. The minimum atomic E-state index is -1.12. The highest BCUT2D eigenvalue weighted by Gasteiger charge is 2.43. The van der Waals surface area contributed by atoms with Crippen LogP contribution in [0.3, 0.4) is 0 Å². The van der Waals surface area contributed by atoms with Gasteiger partial charge in [-0.3, -0.25) is 9.59 Å². The molecule has 0 spiro atoms. The standard InChI is InChI=1S/C21H22ClNO4/c1-3-21(20(25)26)11-15-10-16(22)6-9-18(15)23(19(24)12-21)13-14-4-7-17(27-2)8-5-14/h4-10H,3,11-13H2,1-2H3,(H,25,26). The fourth-order valence-electron chi connectivity index (χ4n) is 3.54. The Balaban J connectivity index is 2.03. The first-order chi connectivity index (χ1) is 12.9. The van der Waals surface area contributed by atoms with E-state index in [-0.39, 0.29) is 18.7 Å². The van der Waals surface area contributed by atoms with Crippen molar-refractivity contribution in [3.63, 3.8) is 0 Å². The summed E-state index contributed by atoms with van der Waals surface area (Å²) in [6.45, 7) is 2.17. The molecule has 1 heterocycles. The van der Waals surface area contributed by atoms with Gasteiger partial charge in [0.05, 0.1) is 19.1 Å². The smallest absolute Gasteiger partial charge is 0.310 e. The maximum atomic E-state index is 13.1. The van der Waals surface area contributed by atoms with Crippen LogP contribution in [0.25, 0.3) is 0 Å². The van der Waals surface area contributed by atoms with Crippen molar-refractivity contribution in [2.75, 3.05) is 12.0 Å². The van der Waals surface area contributed by atoms with Crippen molar-refractivity contribution in [3.8, 4) is 5.75 Å². The van der Waals surface area contributed by atoms with Crippen LogP contribution in [0.4, 0.5) is 5.69 Å². The van der Waals surface area contributed by atoms with E-state index in [1.54, 1.807) is 30.2 Å². The Hall–Kier alpha value is -2.53. The van der Waals surface area contributed by atoms with Crippen molar-refractivity contribution in [3.05, 3.63) is 58.6 Å². The van der Waals surface area contributed by atoms with E-state index in [0.717, 1.165) is 22.6 Å². The van der Waals surface area contributed by atoms with Crippen molar-refractivity contribution in [2.24, 2.45) is 5.41 Å². The topological polar surface area (TPSA) is 66.8 Å². The van der Waals surface area contributed by atoms with Crippen LogP contribution in [-0.2, 0) is 22.6 Å². The molecule has 2 aromatic carbocycles. The van der Waals surface area contributed by atoms with E-state index in [0.29, 0.717) is 18.0 Å². The molecular weight excluding hydrogens is 366 g/mol. The molecule has 0 radical (unpaired) electrons. The van der Waals surface area contributed by atoms with Crippen molar-refractivity contribution in [1.82, 2.24) is 0 Å². The number of fused-ring (bicyclic) bond motifs is 1. The van der Waals surface area contributed by atoms with Gasteiger partial charge in [-0.1, -0.05) is 30.7 Å². The number of carboxylic acids is 1. The first-order valence-corrected chi connectivity index (χ1v) is 9.21. The Morgan fingerprint density at radius 2 is 1.93 bits per heavy atom. The number of carbonyl (C=O) groups excluding carboxylic acids is 1. The summed E-state index contributed by atoms with van der Waals surface area (Å²) in [4.78, 5) is 26.8. The SMILES string of the molecule is CCC1(C(=O)O)CC(=O)N(Cc2ccc(OC)cc2)c2ccc(Cl)cc2C1. The van der Waals surface area contributed by atoms with E-state index in [1.165, 1.54) is 0 Å². The first-order valence-electron chi connectivity index (χ1n) is 8.83. The number of nitrogens with zero attached hydrogens (tertiary/aromatic N) is 1. The maximum Gasteiger partial charge on any atom is 0.310 e. The first kappa shape index (κ1) is 19.2. The number of anilines is 1. The van der Waals surface area contributed by atoms with Crippen molar-refractivity contribution in [1.29, 1.82) is 0 Å². The Morgan fingerprint density at radius 3 is 2.52 bits per heavy atom. The fraction of sp³-hybridized carbons (Fsp3) is 0.333. The van der Waals surface area contributed by atoms with Gasteiger partial charge in [0.25, 0.3) is 0 Å². The highest BCUT2D eigenvalue weighted by molar-refractivity contribution is 6.30. The lowest BCUT2D eigenvalue weighted by Gasteiger charge is -2.26. The minimum Gasteiger partial charge on any atom is -0.497 e. The fourth-order valence-corrected chi connectivity index (χ4v) is 3.74. The Morgan fingerprint density at radius 1 is 1.22 bits per heavy atom. The molecule has 3 rings (SSSR count). The number of carboxylic acid groups (broad SMARTS) is 1. The molecule has 5 nitrogen and oxygen atoms in total. The van der Waals surface area contributed by atoms with Gasteiger partial charge in [0.15, 0.2) is 0 Å². The highest BCUT2D eigenvalue weighted by atomic mass is 35.5. The van der Waals surface area contributed by atoms with Gasteiger partial charge in [0, 0.05) is 17.1 Å².